The Hall–Kier alpha value is -3.21. The van der Waals surface area contributed by atoms with E-state index in [9.17, 15) is 117 Å². The fourth-order valence-corrected chi connectivity index (χ4v) is 17.9. The summed E-state index contributed by atoms with van der Waals surface area (Å²) in [5, 5.41) is 233. The molecule has 0 radical (unpaired) electrons. The zero-order chi connectivity index (χ0) is 94.9. The zero-order valence-corrected chi connectivity index (χ0v) is 76.8. The van der Waals surface area contributed by atoms with Crippen LogP contribution in [0, 0.1) is 0 Å². The van der Waals surface area contributed by atoms with Gasteiger partial charge >= 0.3 is 0 Å². The summed E-state index contributed by atoms with van der Waals surface area (Å²) in [6.45, 7) is 0.938. The highest BCUT2D eigenvalue weighted by molar-refractivity contribution is 5.76. The summed E-state index contributed by atoms with van der Waals surface area (Å²) in [6.07, 6.45) is -21.1. The van der Waals surface area contributed by atoms with Crippen molar-refractivity contribution in [3.8, 4) is 0 Å². The second kappa shape index (κ2) is 61.3. The van der Waals surface area contributed by atoms with Gasteiger partial charge in [-0.25, -0.2) is 0 Å². The van der Waals surface area contributed by atoms with Gasteiger partial charge in [0.15, 0.2) is 44.0 Å². The maximum absolute atomic E-state index is 13.7. The molecule has 40 heteroatoms. The first-order chi connectivity index (χ1) is 62.5. The minimum absolute atomic E-state index is 0.159. The monoisotopic (exact) mass is 1880 g/mol. The minimum atomic E-state index is -2.39. The molecule has 7 rings (SSSR count). The van der Waals surface area contributed by atoms with E-state index in [1.165, 1.54) is 167 Å². The third-order valence-corrected chi connectivity index (χ3v) is 25.8. The third-order valence-electron chi connectivity index (χ3n) is 25.8. The Kier molecular flexibility index (Phi) is 53.6. The fraction of sp³-hybridized carbons (Fsp3) is 0.944. The lowest BCUT2D eigenvalue weighted by molar-refractivity contribution is -0.392. The van der Waals surface area contributed by atoms with E-state index in [1.54, 1.807) is 6.08 Å². The van der Waals surface area contributed by atoms with E-state index in [0.29, 0.717) is 12.8 Å². The van der Waals surface area contributed by atoms with Crippen molar-refractivity contribution in [3.63, 3.8) is 0 Å². The summed E-state index contributed by atoms with van der Waals surface area (Å²) in [6, 6.07) is -4.92. The molecule has 7 fully saturated rings. The largest absolute Gasteiger partial charge is 0.394 e. The topological polar surface area (TPSA) is 621 Å². The van der Waals surface area contributed by atoms with Crippen LogP contribution in [0.2, 0.25) is 0 Å². The molecule has 7 aliphatic rings. The highest BCUT2D eigenvalue weighted by Gasteiger charge is 2.60. The Balaban J connectivity index is 0.998. The maximum Gasteiger partial charge on any atom is 0.220 e. The molecular formula is C90H163N3O37. The molecule has 7 saturated heterocycles. The highest BCUT2D eigenvalue weighted by Crippen LogP contribution is 2.40. The quantitative estimate of drug-likeness (QED) is 0.0271. The minimum Gasteiger partial charge on any atom is -0.394 e. The normalized spacial score (nSPS) is 37.3. The Morgan fingerprint density at radius 3 is 1.05 bits per heavy atom. The van der Waals surface area contributed by atoms with Crippen molar-refractivity contribution in [2.75, 3.05) is 46.2 Å². The predicted molar refractivity (Wildman–Crippen MR) is 462 cm³/mol. The van der Waals surface area contributed by atoms with Crippen LogP contribution in [-0.4, -0.2) is 393 Å². The molecule has 0 aliphatic carbocycles. The van der Waals surface area contributed by atoms with Gasteiger partial charge in [-0.05, 0) is 26.2 Å². The number of ether oxygens (including phenoxy) is 14. The van der Waals surface area contributed by atoms with Gasteiger partial charge in [-0.1, -0.05) is 231 Å². The van der Waals surface area contributed by atoms with Crippen LogP contribution in [0.1, 0.15) is 266 Å². The number of rotatable bonds is 62. The van der Waals surface area contributed by atoms with Crippen LogP contribution in [0.15, 0.2) is 12.2 Å². The van der Waals surface area contributed by atoms with Crippen LogP contribution < -0.4 is 16.0 Å². The number of allylic oxidation sites excluding steroid dienone is 1. The number of carbonyl (C=O) groups excluding carboxylic acids is 3. The van der Waals surface area contributed by atoms with E-state index in [2.05, 4.69) is 29.8 Å². The van der Waals surface area contributed by atoms with E-state index in [1.807, 2.05) is 6.08 Å². The van der Waals surface area contributed by atoms with Crippen molar-refractivity contribution in [2.24, 2.45) is 0 Å². The smallest absolute Gasteiger partial charge is 0.220 e. The van der Waals surface area contributed by atoms with Gasteiger partial charge in [0.2, 0.25) is 17.7 Å². The van der Waals surface area contributed by atoms with Crippen molar-refractivity contribution in [1.29, 1.82) is 0 Å². The van der Waals surface area contributed by atoms with E-state index >= 15 is 0 Å². The lowest BCUT2D eigenvalue weighted by Crippen LogP contribution is -2.72. The summed E-state index contributed by atoms with van der Waals surface area (Å²) in [4.78, 5) is 40.3. The molecule has 7 heterocycles. The van der Waals surface area contributed by atoms with Gasteiger partial charge in [0.05, 0.1) is 64.5 Å². The number of hydrogen-bond acceptors (Lipinski definition) is 37. The summed E-state index contributed by atoms with van der Waals surface area (Å²) >= 11 is 0. The number of amides is 3. The summed E-state index contributed by atoms with van der Waals surface area (Å²) in [5.74, 6) is -2.20. The van der Waals surface area contributed by atoms with Crippen molar-refractivity contribution in [3.05, 3.63) is 12.2 Å². The molecule has 40 nitrogen and oxygen atoms in total. The van der Waals surface area contributed by atoms with Crippen molar-refractivity contribution in [2.45, 2.75) is 493 Å². The molecule has 130 heavy (non-hydrogen) atoms. The average molecular weight is 1880 g/mol. The molecule has 0 aromatic heterocycles. The molecule has 3 amide bonds. The first-order valence-corrected chi connectivity index (χ1v) is 48.3. The molecule has 0 spiro atoms. The number of aliphatic hydroxyl groups excluding tert-OH is 20. The highest BCUT2D eigenvalue weighted by atomic mass is 16.8. The molecule has 7 aliphatic heterocycles. The van der Waals surface area contributed by atoms with E-state index in [0.717, 1.165) is 65.2 Å². The van der Waals surface area contributed by atoms with Gasteiger partial charge in [0.1, 0.15) is 165 Å². The second-order valence-electron chi connectivity index (χ2n) is 36.3. The van der Waals surface area contributed by atoms with Gasteiger partial charge in [0, 0.05) is 20.3 Å². The lowest BCUT2D eigenvalue weighted by atomic mass is 9.93. The average Bonchev–Trinajstić information content (AvgIpc) is 0.759. The van der Waals surface area contributed by atoms with Gasteiger partial charge < -0.3 is 184 Å². The summed E-state index contributed by atoms with van der Waals surface area (Å²) in [5.41, 5.74) is 0. The Morgan fingerprint density at radius 1 is 0.315 bits per heavy atom. The molecule has 0 aromatic rings. The van der Waals surface area contributed by atoms with Crippen LogP contribution in [0.25, 0.3) is 0 Å². The number of carbonyl (C=O) groups is 3. The van der Waals surface area contributed by atoms with Gasteiger partial charge in [-0.2, -0.15) is 0 Å². The molecular weight excluding hydrogens is 1710 g/mol. The van der Waals surface area contributed by atoms with Crippen molar-refractivity contribution in [1.82, 2.24) is 16.0 Å². The molecule has 760 valence electrons. The van der Waals surface area contributed by atoms with Crippen LogP contribution >= 0.6 is 0 Å². The fourth-order valence-electron chi connectivity index (χ4n) is 17.9. The molecule has 23 N–H and O–H groups in total. The summed E-state index contributed by atoms with van der Waals surface area (Å²) in [7, 11) is 0. The summed E-state index contributed by atoms with van der Waals surface area (Å²) < 4.78 is 84.4. The number of hydrogen-bond donors (Lipinski definition) is 23. The molecule has 0 saturated carbocycles. The Morgan fingerprint density at radius 2 is 0.623 bits per heavy atom. The van der Waals surface area contributed by atoms with Crippen LogP contribution in [0.5, 0.6) is 0 Å². The third kappa shape index (κ3) is 35.0. The molecule has 0 aromatic carbocycles. The van der Waals surface area contributed by atoms with Crippen LogP contribution in [0.4, 0.5) is 0 Å². The first kappa shape index (κ1) is 114. The molecule has 14 unspecified atom stereocenters. The SMILES string of the molecule is CCCCCCCCCCCCC/C=C/[C@@H](O)[C@H](CO[C@@H]1OC(CO)[C@@H](O[C@@H]2OC(CO)[C@H](O)[C@H](O[C@@H]3OC(CO)[C@@H](O)[C@H](O[C@@H]4OC(CO)[C@H](O)[C@H](O[C@@H]5OC(CO)[C@@H](O[C@H]6OC(C)[C@@H](O)C(O)[C@@H]6O)[C@H](O[C@@H]6OC(CO)[C@H](O)[C@H](O)C6O)C5NC(C)=O)C4O)C3NC(C)=O)C2O)[C@H](O)C1O)NC(=O)CCCCCCCCCCCCCCCCCCCCCCCCC. The van der Waals surface area contributed by atoms with Gasteiger partial charge in [0.25, 0.3) is 0 Å². The van der Waals surface area contributed by atoms with Crippen molar-refractivity contribution >= 4 is 17.7 Å². The first-order valence-electron chi connectivity index (χ1n) is 48.3. The number of nitrogens with one attached hydrogen (secondary N) is 3. The lowest BCUT2D eigenvalue weighted by Gasteiger charge is -2.52. The van der Waals surface area contributed by atoms with Gasteiger partial charge in [-0.3, -0.25) is 14.4 Å². The molecule has 37 atom stereocenters. The van der Waals surface area contributed by atoms with E-state index in [4.69, 9.17) is 66.3 Å². The molecule has 0 bridgehead atoms. The maximum atomic E-state index is 13.7. The Bertz CT molecular complexity index is 3060. The van der Waals surface area contributed by atoms with Crippen LogP contribution in [0.3, 0.4) is 0 Å². The van der Waals surface area contributed by atoms with E-state index in [-0.39, 0.29) is 12.3 Å². The van der Waals surface area contributed by atoms with Gasteiger partial charge in [-0.15, -0.1) is 0 Å². The van der Waals surface area contributed by atoms with E-state index < -0.39 is 285 Å². The second-order valence-corrected chi connectivity index (χ2v) is 36.3. The Labute approximate surface area is 764 Å². The number of aliphatic hydroxyl groups is 20. The zero-order valence-electron chi connectivity index (χ0n) is 76.8. The number of unbranched alkanes of at least 4 members (excludes halogenated alkanes) is 33. The standard InChI is InChI=1S/C90H163N3O37/c1-6-8-10-12-14-16-18-20-21-22-23-24-25-26-27-28-29-31-33-35-37-39-41-43-62(103)93-54(55(102)42-40-38-36-34-32-30-19-17-15-13-11-9-7-2)50-117-86-75(114)72(111)78(60(48-98)124-86)125-89-76(115)82(68(107)58(46-96)121-89)129-84-63(91-52(4)100)80(67(106)57(45-95)119-84)127-90-77(116)83(69(108)59(47-97)122-90)130-85-64(92-53(5)101)81(128-88-74(113)71(110)66(105)56(44-94)120-88)79(61(49-99)123-85)126-87-73(112)70(109)65(104)51(3)118-87/h40,42,51,54-61,63-90,94-99,102,104-116H,6-39,41,43-50H2,1-5H3,(H,91,100)(H,92,101)(H,93,103)/b42-40+/t51?,54-,55+,56?,57?,58?,59?,60?,61?,63?,64?,65+,66-,67+,68-,69-,70?,71-,72+,73-,74?,75?,76?,77?,78+,79+,80+,81+,82-,83-,84-,85-,86+,87+,88-,89-,90-/m0/s1. The predicted octanol–water partition coefficient (Wildman–Crippen LogP) is -0.451. The van der Waals surface area contributed by atoms with Crippen molar-refractivity contribution < 1.29 is 183 Å². The van der Waals surface area contributed by atoms with Crippen LogP contribution in [-0.2, 0) is 80.7 Å².